The lowest BCUT2D eigenvalue weighted by Gasteiger charge is -2.33. The molecule has 4 nitrogen and oxygen atoms in total. The van der Waals surface area contributed by atoms with Crippen LogP contribution in [0.3, 0.4) is 0 Å². The fraction of sp³-hybridized carbons (Fsp3) is 0.250. The van der Waals surface area contributed by atoms with Crippen molar-refractivity contribution in [2.75, 3.05) is 17.3 Å². The van der Waals surface area contributed by atoms with Crippen molar-refractivity contribution >= 4 is 17.3 Å². The maximum absolute atomic E-state index is 13.0. The molecule has 0 radical (unpaired) electrons. The second-order valence-corrected chi connectivity index (χ2v) is 6.28. The lowest BCUT2D eigenvalue weighted by molar-refractivity contribution is -0.117. The number of methoxy groups -OCH3 is 1. The van der Waals surface area contributed by atoms with Gasteiger partial charge in [-0.3, -0.25) is 9.69 Å². The Kier molecular flexibility index (Phi) is 4.16. The van der Waals surface area contributed by atoms with E-state index < -0.39 is 5.72 Å². The van der Waals surface area contributed by atoms with Gasteiger partial charge < -0.3 is 10.1 Å². The molecule has 0 aliphatic carbocycles. The topological polar surface area (TPSA) is 41.6 Å². The van der Waals surface area contributed by atoms with E-state index in [-0.39, 0.29) is 5.91 Å². The van der Waals surface area contributed by atoms with Crippen LogP contribution in [0.25, 0.3) is 0 Å². The van der Waals surface area contributed by atoms with Crippen LogP contribution in [-0.2, 0) is 9.53 Å². The van der Waals surface area contributed by atoms with E-state index >= 15 is 0 Å². The predicted octanol–water partition coefficient (Wildman–Crippen LogP) is 4.01. The van der Waals surface area contributed by atoms with Gasteiger partial charge >= 0.3 is 0 Å². The Hall–Kier alpha value is -2.59. The first kappa shape index (κ1) is 16.3. The van der Waals surface area contributed by atoms with Gasteiger partial charge in [-0.2, -0.15) is 0 Å². The molecule has 0 spiro atoms. The molecule has 0 aromatic heterocycles. The zero-order chi connectivity index (χ0) is 17.3. The summed E-state index contributed by atoms with van der Waals surface area (Å²) in [5.74, 6) is -0.108. The maximum atomic E-state index is 13.0. The lowest BCUT2D eigenvalue weighted by atomic mass is 10.2. The first-order valence-electron chi connectivity index (χ1n) is 7.96. The molecule has 1 heterocycles. The molecular weight excluding hydrogens is 300 g/mol. The van der Waals surface area contributed by atoms with Gasteiger partial charge in [0.25, 0.3) is 5.91 Å². The van der Waals surface area contributed by atoms with Crippen LogP contribution < -0.4 is 10.2 Å². The molecule has 24 heavy (non-hydrogen) atoms. The van der Waals surface area contributed by atoms with E-state index in [0.29, 0.717) is 5.70 Å². The highest BCUT2D eigenvalue weighted by Gasteiger charge is 2.43. The van der Waals surface area contributed by atoms with Crippen molar-refractivity contribution in [1.29, 1.82) is 0 Å². The van der Waals surface area contributed by atoms with E-state index in [2.05, 4.69) is 5.32 Å². The van der Waals surface area contributed by atoms with Crippen LogP contribution in [0.15, 0.2) is 60.3 Å². The third-order valence-electron chi connectivity index (χ3n) is 4.33. The molecule has 1 amide bonds. The third-order valence-corrected chi connectivity index (χ3v) is 4.33. The SMILES string of the molecule is COC1(C)C=C(Nc2ccc(C)cc2)C(=O)N1c1ccc(C)cc1. The maximum Gasteiger partial charge on any atom is 0.277 e. The second-order valence-electron chi connectivity index (χ2n) is 6.28. The van der Waals surface area contributed by atoms with E-state index in [1.54, 1.807) is 12.0 Å². The molecule has 124 valence electrons. The van der Waals surface area contributed by atoms with Gasteiger partial charge in [0.2, 0.25) is 0 Å². The molecule has 0 saturated carbocycles. The molecule has 1 atom stereocenters. The summed E-state index contributed by atoms with van der Waals surface area (Å²) < 4.78 is 5.64. The quantitative estimate of drug-likeness (QED) is 0.925. The summed E-state index contributed by atoms with van der Waals surface area (Å²) in [5.41, 5.74) is 3.71. The van der Waals surface area contributed by atoms with Crippen LogP contribution in [0, 0.1) is 13.8 Å². The third kappa shape index (κ3) is 2.93. The average Bonchev–Trinajstić information content (AvgIpc) is 2.82. The van der Waals surface area contributed by atoms with Gasteiger partial charge in [0.1, 0.15) is 5.70 Å². The van der Waals surface area contributed by atoms with E-state index in [1.165, 1.54) is 5.56 Å². The van der Waals surface area contributed by atoms with Crippen molar-refractivity contribution in [3.05, 3.63) is 71.4 Å². The van der Waals surface area contributed by atoms with Gasteiger partial charge in [0.05, 0.1) is 0 Å². The Morgan fingerprint density at radius 3 is 2.04 bits per heavy atom. The average molecular weight is 322 g/mol. The smallest absolute Gasteiger partial charge is 0.277 e. The van der Waals surface area contributed by atoms with Crippen molar-refractivity contribution in [2.24, 2.45) is 0 Å². The summed E-state index contributed by atoms with van der Waals surface area (Å²) >= 11 is 0. The van der Waals surface area contributed by atoms with Crippen LogP contribution in [0.2, 0.25) is 0 Å². The normalized spacial score (nSPS) is 20.2. The number of hydrogen-bond acceptors (Lipinski definition) is 3. The van der Waals surface area contributed by atoms with Crippen molar-refractivity contribution in [3.63, 3.8) is 0 Å². The molecule has 2 aromatic carbocycles. The summed E-state index contributed by atoms with van der Waals surface area (Å²) in [7, 11) is 1.61. The van der Waals surface area contributed by atoms with Crippen LogP contribution in [-0.4, -0.2) is 18.7 Å². The number of aryl methyl sites for hydroxylation is 2. The Balaban J connectivity index is 1.92. The van der Waals surface area contributed by atoms with E-state index in [4.69, 9.17) is 4.74 Å². The number of carbonyl (C=O) groups excluding carboxylic acids is 1. The molecule has 4 heteroatoms. The zero-order valence-corrected chi connectivity index (χ0v) is 14.5. The molecule has 0 bridgehead atoms. The van der Waals surface area contributed by atoms with Crippen LogP contribution in [0.1, 0.15) is 18.1 Å². The number of nitrogens with one attached hydrogen (secondary N) is 1. The van der Waals surface area contributed by atoms with Crippen molar-refractivity contribution in [1.82, 2.24) is 0 Å². The number of carbonyl (C=O) groups is 1. The summed E-state index contributed by atoms with van der Waals surface area (Å²) in [4.78, 5) is 14.6. The molecule has 0 fully saturated rings. The lowest BCUT2D eigenvalue weighted by Crippen LogP contribution is -2.46. The molecule has 3 rings (SSSR count). The minimum Gasteiger partial charge on any atom is -0.355 e. The molecule has 1 N–H and O–H groups in total. The fourth-order valence-corrected chi connectivity index (χ4v) is 2.82. The molecule has 2 aromatic rings. The van der Waals surface area contributed by atoms with Gasteiger partial charge in [0.15, 0.2) is 5.72 Å². The van der Waals surface area contributed by atoms with Crippen molar-refractivity contribution in [2.45, 2.75) is 26.5 Å². The standard InChI is InChI=1S/C20H22N2O2/c1-14-5-9-16(10-6-14)21-18-13-20(3,24-4)22(19(18)23)17-11-7-15(2)8-12-17/h5-13,21H,1-4H3. The van der Waals surface area contributed by atoms with E-state index in [0.717, 1.165) is 16.9 Å². The van der Waals surface area contributed by atoms with Crippen LogP contribution in [0.5, 0.6) is 0 Å². The summed E-state index contributed by atoms with van der Waals surface area (Å²) in [6, 6.07) is 15.8. The number of nitrogens with zero attached hydrogens (tertiary/aromatic N) is 1. The summed E-state index contributed by atoms with van der Waals surface area (Å²) in [6.07, 6.45) is 1.83. The van der Waals surface area contributed by atoms with Gasteiger partial charge in [-0.15, -0.1) is 0 Å². The fourth-order valence-electron chi connectivity index (χ4n) is 2.82. The molecule has 1 aliphatic rings. The predicted molar refractivity (Wildman–Crippen MR) is 97.0 cm³/mol. The highest BCUT2D eigenvalue weighted by atomic mass is 16.5. The first-order chi connectivity index (χ1) is 11.4. The number of ether oxygens (including phenoxy) is 1. The highest BCUT2D eigenvalue weighted by Crippen LogP contribution is 2.34. The largest absolute Gasteiger partial charge is 0.355 e. The molecule has 0 saturated heterocycles. The van der Waals surface area contributed by atoms with Gasteiger partial charge in [-0.25, -0.2) is 0 Å². The number of rotatable bonds is 4. The number of benzene rings is 2. The summed E-state index contributed by atoms with van der Waals surface area (Å²) in [6.45, 7) is 5.94. The number of hydrogen-bond donors (Lipinski definition) is 1. The van der Waals surface area contributed by atoms with Crippen LogP contribution in [0.4, 0.5) is 11.4 Å². The van der Waals surface area contributed by atoms with Crippen LogP contribution >= 0.6 is 0 Å². The number of anilines is 2. The van der Waals surface area contributed by atoms with Gasteiger partial charge in [-0.05, 0) is 51.1 Å². The Labute approximate surface area is 142 Å². The van der Waals surface area contributed by atoms with Crippen molar-refractivity contribution in [3.8, 4) is 0 Å². The minimum absolute atomic E-state index is 0.108. The Morgan fingerprint density at radius 2 is 1.50 bits per heavy atom. The minimum atomic E-state index is -0.820. The molecular formula is C20H22N2O2. The Bertz CT molecular complexity index is 778. The first-order valence-corrected chi connectivity index (χ1v) is 7.96. The zero-order valence-electron chi connectivity index (χ0n) is 14.5. The monoisotopic (exact) mass is 322 g/mol. The van der Waals surface area contributed by atoms with Gasteiger partial charge in [-0.1, -0.05) is 35.4 Å². The summed E-state index contributed by atoms with van der Waals surface area (Å²) in [5, 5.41) is 3.21. The van der Waals surface area contributed by atoms with E-state index in [1.807, 2.05) is 75.4 Å². The van der Waals surface area contributed by atoms with Crippen molar-refractivity contribution < 1.29 is 9.53 Å². The molecule has 1 aliphatic heterocycles. The van der Waals surface area contributed by atoms with E-state index in [9.17, 15) is 4.79 Å². The Morgan fingerprint density at radius 1 is 0.958 bits per heavy atom. The molecule has 1 unspecified atom stereocenters. The number of amides is 1. The highest BCUT2D eigenvalue weighted by molar-refractivity contribution is 6.11. The van der Waals surface area contributed by atoms with Gasteiger partial charge in [0, 0.05) is 18.5 Å². The second kappa shape index (κ2) is 6.13.